The number of carbonyl (C=O) groups is 1. The van der Waals surface area contributed by atoms with E-state index in [-0.39, 0.29) is 13.0 Å². The van der Waals surface area contributed by atoms with Crippen molar-refractivity contribution in [1.82, 2.24) is 0 Å². The largest absolute Gasteiger partial charge is 0.472 e. The molecule has 0 aliphatic heterocycles. The maximum atomic E-state index is 12.8. The van der Waals surface area contributed by atoms with Crippen LogP contribution in [0.1, 0.15) is 232 Å². The second kappa shape index (κ2) is 38.8. The topological polar surface area (TPSA) is 192 Å². The van der Waals surface area contributed by atoms with Gasteiger partial charge in [-0.15, -0.1) is 0 Å². The number of hydrogen-bond acceptors (Lipinski definition) is 11. The van der Waals surface area contributed by atoms with Gasteiger partial charge in [-0.3, -0.25) is 13.8 Å². The Morgan fingerprint density at radius 2 is 0.783 bits per heavy atom. The molecule has 0 aromatic carbocycles. The molecule has 13 heteroatoms. The fourth-order valence-electron chi connectivity index (χ4n) is 8.01. The van der Waals surface area contributed by atoms with E-state index in [2.05, 4.69) is 13.8 Å². The summed E-state index contributed by atoms with van der Waals surface area (Å²) < 4.78 is 34.2. The quantitative estimate of drug-likeness (QED) is 0.0193. The molecule has 0 aromatic rings. The predicted molar refractivity (Wildman–Crippen MR) is 240 cm³/mol. The highest BCUT2D eigenvalue weighted by molar-refractivity contribution is 7.47. The Hall–Kier alpha value is -0.660. The Labute approximate surface area is 365 Å². The average molecular weight is 881 g/mol. The number of hydrogen-bond donors (Lipinski definition) is 6. The monoisotopic (exact) mass is 881 g/mol. The van der Waals surface area contributed by atoms with Crippen molar-refractivity contribution in [2.24, 2.45) is 0 Å². The van der Waals surface area contributed by atoms with Crippen LogP contribution in [0.4, 0.5) is 0 Å². The SMILES string of the molecule is CCCCCCCCCCCCCCCCCCCCCCCCC(=O)OC(COCCCCCCCCCCCCC)COP(=O)(O)OC1C(O)C(O)C(O)C(O)C1O. The van der Waals surface area contributed by atoms with Crippen LogP contribution in [-0.4, -0.2) is 98.9 Å². The predicted octanol–water partition coefficient (Wildman–Crippen LogP) is 10.5. The minimum absolute atomic E-state index is 0.0683. The standard InChI is InChI=1S/C47H93O12P/c1-3-5-7-9-11-13-15-16-17-18-19-20-21-22-23-24-25-26-28-30-32-34-36-41(48)58-40(38-56-37-35-33-31-29-27-14-12-10-8-6-4-2)39-57-60(54,55)59-47-45(52)43(50)42(49)44(51)46(47)53/h40,42-47,49-53H,3-39H2,1-2H3,(H,54,55). The third-order valence-corrected chi connectivity index (χ3v) is 13.0. The van der Waals surface area contributed by atoms with Gasteiger partial charge in [0, 0.05) is 13.0 Å². The molecule has 1 saturated carbocycles. The van der Waals surface area contributed by atoms with Gasteiger partial charge >= 0.3 is 13.8 Å². The summed E-state index contributed by atoms with van der Waals surface area (Å²) in [4.78, 5) is 23.2. The first-order valence-corrected chi connectivity index (χ1v) is 26.4. The van der Waals surface area contributed by atoms with Crippen molar-refractivity contribution in [3.63, 3.8) is 0 Å². The number of aliphatic hydroxyl groups is 5. The van der Waals surface area contributed by atoms with Crippen LogP contribution >= 0.6 is 7.82 Å². The van der Waals surface area contributed by atoms with E-state index in [1.807, 2.05) is 0 Å². The maximum absolute atomic E-state index is 12.8. The van der Waals surface area contributed by atoms with Crippen LogP contribution in [-0.2, 0) is 27.9 Å². The average Bonchev–Trinajstić information content (AvgIpc) is 3.23. The number of phosphoric ester groups is 1. The molecule has 0 radical (unpaired) electrons. The molecule has 0 heterocycles. The van der Waals surface area contributed by atoms with Crippen molar-refractivity contribution >= 4 is 13.8 Å². The van der Waals surface area contributed by atoms with Gasteiger partial charge < -0.3 is 39.9 Å². The van der Waals surface area contributed by atoms with Gasteiger partial charge in [0.2, 0.25) is 0 Å². The minimum Gasteiger partial charge on any atom is -0.457 e. The molecular formula is C47H93O12P. The molecular weight excluding hydrogens is 787 g/mol. The summed E-state index contributed by atoms with van der Waals surface area (Å²) in [5.74, 6) is -0.470. The first-order chi connectivity index (χ1) is 29.0. The zero-order valence-electron chi connectivity index (χ0n) is 38.3. The van der Waals surface area contributed by atoms with Crippen LogP contribution in [0.2, 0.25) is 0 Å². The van der Waals surface area contributed by atoms with E-state index in [1.54, 1.807) is 0 Å². The number of phosphoric acid groups is 1. The second-order valence-electron chi connectivity index (χ2n) is 17.7. The minimum atomic E-state index is -5.01. The van der Waals surface area contributed by atoms with Gasteiger partial charge in [-0.25, -0.2) is 4.57 Å². The van der Waals surface area contributed by atoms with Crippen LogP contribution in [0.3, 0.4) is 0 Å². The van der Waals surface area contributed by atoms with E-state index < -0.39 is 63.1 Å². The number of esters is 1. The fourth-order valence-corrected chi connectivity index (χ4v) is 8.98. The van der Waals surface area contributed by atoms with E-state index in [4.69, 9.17) is 18.5 Å². The number of ether oxygens (including phenoxy) is 2. The Balaban J connectivity index is 2.28. The zero-order chi connectivity index (χ0) is 44.1. The molecule has 12 nitrogen and oxygen atoms in total. The summed E-state index contributed by atoms with van der Waals surface area (Å²) in [5.41, 5.74) is 0. The number of rotatable bonds is 43. The van der Waals surface area contributed by atoms with Crippen molar-refractivity contribution in [3.05, 3.63) is 0 Å². The molecule has 6 atom stereocenters. The van der Waals surface area contributed by atoms with Crippen molar-refractivity contribution in [2.75, 3.05) is 19.8 Å². The van der Waals surface area contributed by atoms with Crippen LogP contribution in [0.25, 0.3) is 0 Å². The first-order valence-electron chi connectivity index (χ1n) is 24.9. The lowest BCUT2D eigenvalue weighted by Crippen LogP contribution is -2.64. The van der Waals surface area contributed by atoms with E-state index >= 15 is 0 Å². The van der Waals surface area contributed by atoms with Crippen LogP contribution in [0, 0.1) is 0 Å². The van der Waals surface area contributed by atoms with Gasteiger partial charge in [-0.1, -0.05) is 213 Å². The van der Waals surface area contributed by atoms with Crippen LogP contribution in [0.15, 0.2) is 0 Å². The summed E-state index contributed by atoms with van der Waals surface area (Å²) in [6.07, 6.45) is 29.0. The van der Waals surface area contributed by atoms with E-state index in [1.165, 1.54) is 167 Å². The Morgan fingerprint density at radius 3 is 1.15 bits per heavy atom. The molecule has 1 aliphatic carbocycles. The van der Waals surface area contributed by atoms with Crippen LogP contribution in [0.5, 0.6) is 0 Å². The lowest BCUT2D eigenvalue weighted by molar-refractivity contribution is -0.220. The summed E-state index contributed by atoms with van der Waals surface area (Å²) in [6.45, 7) is 4.29. The number of carbonyl (C=O) groups excluding carboxylic acids is 1. The van der Waals surface area contributed by atoms with Crippen molar-refractivity contribution in [1.29, 1.82) is 0 Å². The van der Waals surface area contributed by atoms with E-state index in [0.29, 0.717) is 13.0 Å². The lowest BCUT2D eigenvalue weighted by atomic mass is 9.85. The van der Waals surface area contributed by atoms with Gasteiger partial charge in [0.1, 0.15) is 42.7 Å². The highest BCUT2D eigenvalue weighted by Crippen LogP contribution is 2.47. The molecule has 60 heavy (non-hydrogen) atoms. The molecule has 6 N–H and O–H groups in total. The summed E-state index contributed by atoms with van der Waals surface area (Å²) in [6, 6.07) is 0. The normalized spacial score (nSPS) is 22.2. The van der Waals surface area contributed by atoms with Crippen molar-refractivity contribution in [2.45, 2.75) is 275 Å². The van der Waals surface area contributed by atoms with Gasteiger partial charge in [-0.05, 0) is 12.8 Å². The molecule has 0 bridgehead atoms. The van der Waals surface area contributed by atoms with E-state index in [9.17, 15) is 39.8 Å². The molecule has 0 saturated heterocycles. The zero-order valence-corrected chi connectivity index (χ0v) is 39.2. The molecule has 1 rings (SSSR count). The highest BCUT2D eigenvalue weighted by Gasteiger charge is 2.51. The van der Waals surface area contributed by atoms with Gasteiger partial charge in [0.05, 0.1) is 13.2 Å². The summed E-state index contributed by atoms with van der Waals surface area (Å²) in [5, 5.41) is 50.2. The molecule has 1 aliphatic rings. The fraction of sp³-hybridized carbons (Fsp3) is 0.979. The molecule has 6 unspecified atom stereocenters. The Morgan fingerprint density at radius 1 is 0.467 bits per heavy atom. The lowest BCUT2D eigenvalue weighted by Gasteiger charge is -2.41. The van der Waals surface area contributed by atoms with Gasteiger partial charge in [0.15, 0.2) is 0 Å². The van der Waals surface area contributed by atoms with Crippen molar-refractivity contribution < 1.29 is 58.3 Å². The Bertz CT molecular complexity index is 1000. The van der Waals surface area contributed by atoms with Crippen LogP contribution < -0.4 is 0 Å². The van der Waals surface area contributed by atoms with Gasteiger partial charge in [0.25, 0.3) is 0 Å². The smallest absolute Gasteiger partial charge is 0.457 e. The van der Waals surface area contributed by atoms with Gasteiger partial charge in [-0.2, -0.15) is 0 Å². The third-order valence-electron chi connectivity index (χ3n) is 12.0. The molecule has 1 fully saturated rings. The maximum Gasteiger partial charge on any atom is 0.472 e. The summed E-state index contributed by atoms with van der Waals surface area (Å²) in [7, 11) is -5.01. The molecule has 0 spiro atoms. The van der Waals surface area contributed by atoms with E-state index in [0.717, 1.165) is 38.5 Å². The first kappa shape index (κ1) is 57.4. The molecule has 358 valence electrons. The summed E-state index contributed by atoms with van der Waals surface area (Å²) >= 11 is 0. The number of aliphatic hydroxyl groups excluding tert-OH is 5. The highest BCUT2D eigenvalue weighted by atomic mass is 31.2. The third kappa shape index (κ3) is 30.4. The molecule has 0 aromatic heterocycles. The second-order valence-corrected chi connectivity index (χ2v) is 19.1. The molecule has 0 amide bonds. The van der Waals surface area contributed by atoms with Crippen molar-refractivity contribution in [3.8, 4) is 0 Å². The number of unbranched alkanes of at least 4 members (excludes halogenated alkanes) is 31. The Kier molecular flexibility index (Phi) is 37.1.